The fraction of sp³-hybridized carbons (Fsp3) is 0.333. The predicted octanol–water partition coefficient (Wildman–Crippen LogP) is -0.171. The summed E-state index contributed by atoms with van der Waals surface area (Å²) >= 11 is 0. The van der Waals surface area contributed by atoms with Gasteiger partial charge in [0.15, 0.2) is 0 Å². The molecule has 1 aliphatic rings. The van der Waals surface area contributed by atoms with Crippen molar-refractivity contribution >= 4 is 0 Å². The maximum absolute atomic E-state index is 11.2. The maximum Gasteiger partial charge on any atom is 0.247 e. The zero-order valence-corrected chi connectivity index (χ0v) is 6.95. The van der Waals surface area contributed by atoms with Gasteiger partial charge in [-0.3, -0.25) is 0 Å². The Morgan fingerprint density at radius 1 is 1.58 bits per heavy atom. The van der Waals surface area contributed by atoms with Crippen LogP contribution < -0.4 is 15.5 Å². The van der Waals surface area contributed by atoms with Gasteiger partial charge >= 0.3 is 0 Å². The highest BCUT2D eigenvalue weighted by atomic mass is 16.5. The van der Waals surface area contributed by atoms with Crippen LogP contribution in [0.1, 0.15) is 12.5 Å². The molecule has 1 aromatic carbocycles. The molecule has 3 nitrogen and oxygen atoms in total. The van der Waals surface area contributed by atoms with Crippen molar-refractivity contribution in [2.75, 3.05) is 6.67 Å². The van der Waals surface area contributed by atoms with E-state index < -0.39 is 0 Å². The van der Waals surface area contributed by atoms with Gasteiger partial charge in [0.25, 0.3) is 0 Å². The van der Waals surface area contributed by atoms with Crippen molar-refractivity contribution in [1.29, 1.82) is 0 Å². The second-order valence-corrected chi connectivity index (χ2v) is 2.85. The highest BCUT2D eigenvalue weighted by Crippen LogP contribution is 1.92. The van der Waals surface area contributed by atoms with Crippen molar-refractivity contribution in [2.45, 2.75) is 13.3 Å². The highest BCUT2D eigenvalue weighted by Gasteiger charge is 2.06. The first-order chi connectivity index (χ1) is 5.81. The Bertz CT molecular complexity index is 423. The van der Waals surface area contributed by atoms with Gasteiger partial charge in [0, 0.05) is 6.07 Å². The molecule has 0 aromatic heterocycles. The molecule has 1 heterocycles. The molecular formula is C9H10N2O. The summed E-state index contributed by atoms with van der Waals surface area (Å²) in [4.78, 5) is 4.07. The summed E-state index contributed by atoms with van der Waals surface area (Å²) in [5, 5.41) is 12.7. The predicted molar refractivity (Wildman–Crippen MR) is 46.1 cm³/mol. The monoisotopic (exact) mass is 162 g/mol. The lowest BCUT2D eigenvalue weighted by Gasteiger charge is -1.94. The molecule has 1 aromatic rings. The first-order valence-electron chi connectivity index (χ1n) is 4.06. The molecule has 3 heteroatoms. The molecule has 0 spiro atoms. The molecule has 0 N–H and O–H groups in total. The molecule has 1 aliphatic heterocycles. The van der Waals surface area contributed by atoms with E-state index in [-0.39, 0.29) is 6.67 Å². The molecule has 0 radical (unpaired) electrons. The van der Waals surface area contributed by atoms with E-state index in [0.29, 0.717) is 5.36 Å². The molecule has 0 fully saturated rings. The molecule has 0 aliphatic carbocycles. The van der Waals surface area contributed by atoms with Gasteiger partial charge in [-0.2, -0.15) is 4.74 Å². The van der Waals surface area contributed by atoms with Gasteiger partial charge in [0.1, 0.15) is 5.36 Å². The van der Waals surface area contributed by atoms with E-state index in [4.69, 9.17) is 0 Å². The quantitative estimate of drug-likeness (QED) is 0.417. The van der Waals surface area contributed by atoms with Crippen LogP contribution in [0.4, 0.5) is 0 Å². The summed E-state index contributed by atoms with van der Waals surface area (Å²) in [5.41, 5.74) is 1.19. The third-order valence-corrected chi connectivity index (χ3v) is 2.09. The lowest BCUT2D eigenvalue weighted by Crippen LogP contribution is -2.30. The molecule has 0 saturated carbocycles. The Kier molecular flexibility index (Phi) is 1.57. The van der Waals surface area contributed by atoms with Crippen LogP contribution in [0.2, 0.25) is 0 Å². The Balaban J connectivity index is 2.74. The number of rotatable bonds is 1. The van der Waals surface area contributed by atoms with Crippen molar-refractivity contribution < 1.29 is 0 Å². The normalized spacial score (nSPS) is 14.2. The number of hydroxylamine groups is 1. The summed E-state index contributed by atoms with van der Waals surface area (Å²) in [6.07, 6.45) is 0.959. The number of nitrogens with zero attached hydrogens (tertiary/aromatic N) is 2. The van der Waals surface area contributed by atoms with Crippen LogP contribution >= 0.6 is 0 Å². The van der Waals surface area contributed by atoms with Gasteiger partial charge in [0.2, 0.25) is 12.0 Å². The van der Waals surface area contributed by atoms with Crippen molar-refractivity contribution in [1.82, 2.24) is 4.74 Å². The summed E-state index contributed by atoms with van der Waals surface area (Å²) in [5.74, 6) is 0. The second-order valence-electron chi connectivity index (χ2n) is 2.85. The standard InChI is InChI=1S/C9H10N2O/c1-2-7-3-4-8-9(5-7)11(12)6-10-8/h3-5H,2,6H2,1H3. The summed E-state index contributed by atoms with van der Waals surface area (Å²) in [6, 6.07) is 5.84. The number of hydrogen-bond acceptors (Lipinski definition) is 2. The van der Waals surface area contributed by atoms with E-state index in [1.807, 2.05) is 18.2 Å². The zero-order chi connectivity index (χ0) is 8.55. The molecule has 12 heavy (non-hydrogen) atoms. The Morgan fingerprint density at radius 2 is 2.42 bits per heavy atom. The van der Waals surface area contributed by atoms with Gasteiger partial charge in [-0.1, -0.05) is 13.0 Å². The van der Waals surface area contributed by atoms with Gasteiger partial charge < -0.3 is 5.21 Å². The summed E-state index contributed by atoms with van der Waals surface area (Å²) in [6.45, 7) is 2.32. The van der Waals surface area contributed by atoms with Crippen LogP contribution in [0.3, 0.4) is 0 Å². The second kappa shape index (κ2) is 2.59. The molecule has 0 atom stereocenters. The van der Waals surface area contributed by atoms with E-state index >= 15 is 0 Å². The molecule has 62 valence electrons. The smallest absolute Gasteiger partial charge is 0.247 e. The lowest BCUT2D eigenvalue weighted by molar-refractivity contribution is 0.776. The third kappa shape index (κ3) is 0.978. The minimum absolute atomic E-state index is 0.252. The first kappa shape index (κ1) is 7.28. The van der Waals surface area contributed by atoms with Crippen LogP contribution in [-0.2, 0) is 6.42 Å². The molecular weight excluding hydrogens is 152 g/mol. The number of aryl methyl sites for hydroxylation is 1. The van der Waals surface area contributed by atoms with E-state index in [1.165, 1.54) is 5.56 Å². The number of benzene rings is 1. The van der Waals surface area contributed by atoms with E-state index in [9.17, 15) is 5.21 Å². The minimum Gasteiger partial charge on any atom is -0.622 e. The van der Waals surface area contributed by atoms with Crippen LogP contribution in [0.25, 0.3) is 0 Å². The molecule has 0 bridgehead atoms. The minimum atomic E-state index is 0.252. The number of hydrogen-bond donors (Lipinski definition) is 0. The molecule has 0 unspecified atom stereocenters. The Labute approximate surface area is 70.3 Å². The zero-order valence-electron chi connectivity index (χ0n) is 6.95. The topological polar surface area (TPSA) is 38.4 Å². The highest BCUT2D eigenvalue weighted by molar-refractivity contribution is 5.15. The van der Waals surface area contributed by atoms with E-state index in [0.717, 1.165) is 16.5 Å². The molecule has 0 saturated heterocycles. The SMILES string of the molecule is CCc1ccc2c(c1)=[N+]([O-])CN=2. The van der Waals surface area contributed by atoms with Gasteiger partial charge in [-0.05, 0) is 18.1 Å². The Morgan fingerprint density at radius 3 is 3.17 bits per heavy atom. The summed E-state index contributed by atoms with van der Waals surface area (Å²) in [7, 11) is 0. The van der Waals surface area contributed by atoms with Crippen molar-refractivity contribution in [2.24, 2.45) is 4.99 Å². The van der Waals surface area contributed by atoms with Gasteiger partial charge in [0.05, 0.1) is 0 Å². The largest absolute Gasteiger partial charge is 0.622 e. The lowest BCUT2D eigenvalue weighted by atomic mass is 10.2. The maximum atomic E-state index is 11.2. The van der Waals surface area contributed by atoms with Crippen molar-refractivity contribution in [3.05, 3.63) is 39.7 Å². The van der Waals surface area contributed by atoms with Gasteiger partial charge in [-0.15, -0.1) is 0 Å². The fourth-order valence-electron chi connectivity index (χ4n) is 1.34. The van der Waals surface area contributed by atoms with Crippen LogP contribution in [0.5, 0.6) is 0 Å². The van der Waals surface area contributed by atoms with Crippen LogP contribution in [-0.4, -0.2) is 6.67 Å². The number of fused-ring (bicyclic) bond motifs is 1. The van der Waals surface area contributed by atoms with Gasteiger partial charge in [-0.25, -0.2) is 4.99 Å². The van der Waals surface area contributed by atoms with E-state index in [1.54, 1.807) is 0 Å². The van der Waals surface area contributed by atoms with Crippen molar-refractivity contribution in [3.8, 4) is 0 Å². The van der Waals surface area contributed by atoms with E-state index in [2.05, 4.69) is 11.9 Å². The Hall–Kier alpha value is -1.38. The van der Waals surface area contributed by atoms with Crippen LogP contribution in [0, 0.1) is 5.21 Å². The average molecular weight is 162 g/mol. The molecule has 0 amide bonds. The fourth-order valence-corrected chi connectivity index (χ4v) is 1.34. The first-order valence-corrected chi connectivity index (χ1v) is 4.06. The van der Waals surface area contributed by atoms with Crippen molar-refractivity contribution in [3.63, 3.8) is 0 Å². The van der Waals surface area contributed by atoms with Crippen LogP contribution in [0.15, 0.2) is 23.2 Å². The molecule has 2 rings (SSSR count). The summed E-state index contributed by atoms with van der Waals surface area (Å²) < 4.78 is 0.925. The third-order valence-electron chi connectivity index (χ3n) is 2.09. The average Bonchev–Trinajstić information content (AvgIpc) is 2.47.